The zero-order valence-electron chi connectivity index (χ0n) is 12.9. The van der Waals surface area contributed by atoms with E-state index in [9.17, 15) is 4.79 Å². The summed E-state index contributed by atoms with van der Waals surface area (Å²) in [6.07, 6.45) is 4.34. The van der Waals surface area contributed by atoms with Crippen molar-refractivity contribution in [2.45, 2.75) is 45.7 Å². The number of nitrogens with zero attached hydrogens (tertiary/aromatic N) is 4. The molecule has 0 radical (unpaired) electrons. The summed E-state index contributed by atoms with van der Waals surface area (Å²) in [5.41, 5.74) is 3.56. The summed E-state index contributed by atoms with van der Waals surface area (Å²) in [6.45, 7) is 4.17. The number of fused-ring (bicyclic) bond motifs is 2. The summed E-state index contributed by atoms with van der Waals surface area (Å²) in [6, 6.07) is 6.18. The molecule has 1 aromatic carbocycles. The van der Waals surface area contributed by atoms with Gasteiger partial charge in [-0.15, -0.1) is 10.2 Å². The molecule has 2 heterocycles. The Morgan fingerprint density at radius 2 is 2.05 bits per heavy atom. The van der Waals surface area contributed by atoms with Crippen molar-refractivity contribution in [1.29, 1.82) is 0 Å². The molecule has 2 aliphatic rings. The molecule has 0 saturated heterocycles. The van der Waals surface area contributed by atoms with Gasteiger partial charge in [0.1, 0.15) is 5.82 Å². The minimum Gasteiger partial charge on any atom is -0.329 e. The molecular formula is C17H20N4O. The molecular weight excluding hydrogens is 276 g/mol. The lowest BCUT2D eigenvalue weighted by atomic mass is 10.1. The average Bonchev–Trinajstić information content (AvgIpc) is 3.18. The summed E-state index contributed by atoms with van der Waals surface area (Å²) in [4.78, 5) is 14.6. The Labute approximate surface area is 130 Å². The normalized spacial score (nSPS) is 16.5. The Balaban J connectivity index is 1.56. The van der Waals surface area contributed by atoms with Gasteiger partial charge in [0.2, 0.25) is 0 Å². The smallest absolute Gasteiger partial charge is 0.254 e. The van der Waals surface area contributed by atoms with Crippen LogP contribution in [-0.2, 0) is 32.4 Å². The predicted molar refractivity (Wildman–Crippen MR) is 82.6 cm³/mol. The Bertz CT molecular complexity index is 734. The number of hydrogen-bond acceptors (Lipinski definition) is 3. The first-order valence-electron chi connectivity index (χ1n) is 8.08. The molecule has 2 aromatic rings. The molecule has 1 amide bonds. The third-order valence-electron chi connectivity index (χ3n) is 4.78. The molecule has 1 aromatic heterocycles. The van der Waals surface area contributed by atoms with Gasteiger partial charge in [0.05, 0.1) is 6.54 Å². The summed E-state index contributed by atoms with van der Waals surface area (Å²) >= 11 is 0. The highest BCUT2D eigenvalue weighted by Crippen LogP contribution is 2.24. The molecule has 22 heavy (non-hydrogen) atoms. The van der Waals surface area contributed by atoms with E-state index < -0.39 is 0 Å². The van der Waals surface area contributed by atoms with Gasteiger partial charge in [-0.25, -0.2) is 0 Å². The molecule has 0 atom stereocenters. The van der Waals surface area contributed by atoms with E-state index in [0.717, 1.165) is 49.6 Å². The van der Waals surface area contributed by atoms with Crippen molar-refractivity contribution in [3.63, 3.8) is 0 Å². The van der Waals surface area contributed by atoms with E-state index >= 15 is 0 Å². The molecule has 0 unspecified atom stereocenters. The van der Waals surface area contributed by atoms with Gasteiger partial charge >= 0.3 is 0 Å². The van der Waals surface area contributed by atoms with Crippen LogP contribution in [0.2, 0.25) is 0 Å². The molecule has 114 valence electrons. The fourth-order valence-electron chi connectivity index (χ4n) is 3.54. The van der Waals surface area contributed by atoms with E-state index in [0.29, 0.717) is 6.54 Å². The SMILES string of the molecule is CCc1nnc2n1CCN(C(=O)c1ccc3c(c1)CCC3)C2. The highest BCUT2D eigenvalue weighted by Gasteiger charge is 2.25. The third-order valence-corrected chi connectivity index (χ3v) is 4.78. The number of carbonyl (C=O) groups is 1. The molecule has 1 aliphatic heterocycles. The highest BCUT2D eigenvalue weighted by atomic mass is 16.2. The van der Waals surface area contributed by atoms with E-state index in [1.807, 2.05) is 11.0 Å². The number of benzene rings is 1. The van der Waals surface area contributed by atoms with Crippen LogP contribution in [0.3, 0.4) is 0 Å². The van der Waals surface area contributed by atoms with Gasteiger partial charge in [0.25, 0.3) is 5.91 Å². The van der Waals surface area contributed by atoms with Crippen LogP contribution in [0.5, 0.6) is 0 Å². The van der Waals surface area contributed by atoms with Gasteiger partial charge in [0, 0.05) is 25.1 Å². The van der Waals surface area contributed by atoms with Crippen molar-refractivity contribution in [2.24, 2.45) is 0 Å². The summed E-state index contributed by atoms with van der Waals surface area (Å²) in [7, 11) is 0. The van der Waals surface area contributed by atoms with Crippen LogP contribution in [0.25, 0.3) is 0 Å². The maximum Gasteiger partial charge on any atom is 0.254 e. The second-order valence-corrected chi connectivity index (χ2v) is 6.10. The Hall–Kier alpha value is -2.17. The lowest BCUT2D eigenvalue weighted by molar-refractivity contribution is 0.0706. The van der Waals surface area contributed by atoms with E-state index in [4.69, 9.17) is 0 Å². The number of rotatable bonds is 2. The fourth-order valence-corrected chi connectivity index (χ4v) is 3.54. The number of aryl methyl sites for hydroxylation is 3. The van der Waals surface area contributed by atoms with Crippen molar-refractivity contribution in [1.82, 2.24) is 19.7 Å². The minimum atomic E-state index is 0.113. The van der Waals surface area contributed by atoms with Crippen molar-refractivity contribution in [2.75, 3.05) is 6.54 Å². The van der Waals surface area contributed by atoms with E-state index in [2.05, 4.69) is 33.8 Å². The summed E-state index contributed by atoms with van der Waals surface area (Å²) < 4.78 is 2.15. The Kier molecular flexibility index (Phi) is 3.21. The Morgan fingerprint density at radius 3 is 2.91 bits per heavy atom. The van der Waals surface area contributed by atoms with Crippen LogP contribution in [0.1, 0.15) is 46.5 Å². The van der Waals surface area contributed by atoms with E-state index in [1.165, 1.54) is 17.5 Å². The molecule has 0 bridgehead atoms. The Morgan fingerprint density at radius 1 is 1.18 bits per heavy atom. The number of hydrogen-bond donors (Lipinski definition) is 0. The minimum absolute atomic E-state index is 0.113. The zero-order chi connectivity index (χ0) is 15.1. The molecule has 5 heteroatoms. The van der Waals surface area contributed by atoms with Gasteiger partial charge < -0.3 is 9.47 Å². The number of amides is 1. The van der Waals surface area contributed by atoms with Crippen molar-refractivity contribution >= 4 is 5.91 Å². The second-order valence-electron chi connectivity index (χ2n) is 6.10. The molecule has 4 rings (SSSR count). The second kappa shape index (κ2) is 5.23. The molecule has 0 saturated carbocycles. The van der Waals surface area contributed by atoms with Gasteiger partial charge in [-0.05, 0) is 42.5 Å². The largest absolute Gasteiger partial charge is 0.329 e. The first kappa shape index (κ1) is 13.5. The molecule has 0 spiro atoms. The predicted octanol–water partition coefficient (Wildman–Crippen LogP) is 1.99. The van der Waals surface area contributed by atoms with Crippen LogP contribution >= 0.6 is 0 Å². The van der Waals surface area contributed by atoms with Gasteiger partial charge in [-0.3, -0.25) is 4.79 Å². The summed E-state index contributed by atoms with van der Waals surface area (Å²) in [5.74, 6) is 2.03. The lowest BCUT2D eigenvalue weighted by Gasteiger charge is -2.28. The molecule has 5 nitrogen and oxygen atoms in total. The van der Waals surface area contributed by atoms with Crippen LogP contribution in [0, 0.1) is 0 Å². The fraction of sp³-hybridized carbons (Fsp3) is 0.471. The van der Waals surface area contributed by atoms with E-state index in [-0.39, 0.29) is 5.91 Å². The third kappa shape index (κ3) is 2.12. The van der Waals surface area contributed by atoms with E-state index in [1.54, 1.807) is 0 Å². The van der Waals surface area contributed by atoms with Crippen molar-refractivity contribution < 1.29 is 4.79 Å². The standard InChI is InChI=1S/C17H20N4O/c1-2-15-18-19-16-11-20(8-9-21(15)16)17(22)14-7-6-12-4-3-5-13(12)10-14/h6-7,10H,2-5,8-9,11H2,1H3. The highest BCUT2D eigenvalue weighted by molar-refractivity contribution is 5.94. The summed E-state index contributed by atoms with van der Waals surface area (Å²) in [5, 5.41) is 8.44. The molecule has 0 fully saturated rings. The lowest BCUT2D eigenvalue weighted by Crippen LogP contribution is -2.38. The maximum atomic E-state index is 12.8. The first-order valence-corrected chi connectivity index (χ1v) is 8.08. The topological polar surface area (TPSA) is 51.0 Å². The molecule has 0 N–H and O–H groups in total. The number of carbonyl (C=O) groups excluding carboxylic acids is 1. The van der Waals surface area contributed by atoms with Gasteiger partial charge in [-0.2, -0.15) is 0 Å². The zero-order valence-corrected chi connectivity index (χ0v) is 12.9. The average molecular weight is 296 g/mol. The van der Waals surface area contributed by atoms with Crippen LogP contribution in [0.4, 0.5) is 0 Å². The monoisotopic (exact) mass is 296 g/mol. The molecule has 1 aliphatic carbocycles. The quantitative estimate of drug-likeness (QED) is 0.851. The first-order chi connectivity index (χ1) is 10.8. The van der Waals surface area contributed by atoms with Crippen LogP contribution in [-0.4, -0.2) is 32.1 Å². The van der Waals surface area contributed by atoms with Gasteiger partial charge in [-0.1, -0.05) is 13.0 Å². The van der Waals surface area contributed by atoms with Crippen molar-refractivity contribution in [3.05, 3.63) is 46.5 Å². The maximum absolute atomic E-state index is 12.8. The van der Waals surface area contributed by atoms with Crippen LogP contribution in [0.15, 0.2) is 18.2 Å². The number of aromatic nitrogens is 3. The van der Waals surface area contributed by atoms with Crippen LogP contribution < -0.4 is 0 Å². The van der Waals surface area contributed by atoms with Gasteiger partial charge in [0.15, 0.2) is 5.82 Å². The van der Waals surface area contributed by atoms with Crippen molar-refractivity contribution in [3.8, 4) is 0 Å².